The number of piperidine rings is 1. The molecule has 29 heavy (non-hydrogen) atoms. The number of halogens is 2. The smallest absolute Gasteiger partial charge is 0.179 e. The van der Waals surface area contributed by atoms with Gasteiger partial charge < -0.3 is 10.5 Å². The summed E-state index contributed by atoms with van der Waals surface area (Å²) in [5.74, 6) is 0.343. The van der Waals surface area contributed by atoms with E-state index in [1.807, 2.05) is 6.07 Å². The summed E-state index contributed by atoms with van der Waals surface area (Å²) in [6.45, 7) is 1.70. The number of hydrogen-bond acceptors (Lipinski definition) is 5. The molecule has 2 aliphatic rings. The minimum atomic E-state index is -3.43. The quantitative estimate of drug-likeness (QED) is 0.758. The maximum absolute atomic E-state index is 12.3. The highest BCUT2D eigenvalue weighted by Crippen LogP contribution is 2.44. The molecule has 1 saturated heterocycles. The minimum absolute atomic E-state index is 0.0138. The molecule has 1 heterocycles. The van der Waals surface area contributed by atoms with Gasteiger partial charge in [-0.05, 0) is 55.6 Å². The van der Waals surface area contributed by atoms with E-state index in [0.29, 0.717) is 22.2 Å². The Hall–Kier alpha value is -1.31. The minimum Gasteiger partial charge on any atom is -0.483 e. The van der Waals surface area contributed by atoms with Crippen LogP contribution in [0.3, 0.4) is 0 Å². The van der Waals surface area contributed by atoms with Crippen molar-refractivity contribution in [2.75, 3.05) is 19.3 Å². The third kappa shape index (κ3) is 4.28. The summed E-state index contributed by atoms with van der Waals surface area (Å²) < 4.78 is 30.9. The van der Waals surface area contributed by atoms with Gasteiger partial charge in [0.25, 0.3) is 0 Å². The summed E-state index contributed by atoms with van der Waals surface area (Å²) in [5, 5.41) is 1.15. The molecule has 1 aliphatic carbocycles. The molecule has 0 amide bonds. The highest BCUT2D eigenvalue weighted by atomic mass is 35.5. The maximum atomic E-state index is 12.3. The van der Waals surface area contributed by atoms with Crippen molar-refractivity contribution in [2.45, 2.75) is 42.3 Å². The Bertz CT molecular complexity index is 1030. The molecule has 1 aliphatic heterocycles. The molecule has 2 aromatic carbocycles. The lowest BCUT2D eigenvalue weighted by Crippen LogP contribution is -2.49. The predicted octanol–water partition coefficient (Wildman–Crippen LogP) is 3.86. The number of nitrogens with two attached hydrogens (primary N) is 1. The van der Waals surface area contributed by atoms with Crippen molar-refractivity contribution in [1.29, 1.82) is 0 Å². The second-order valence-electron chi connectivity index (χ2n) is 7.88. The van der Waals surface area contributed by atoms with Crippen LogP contribution in [0.2, 0.25) is 10.0 Å². The Morgan fingerprint density at radius 1 is 1.21 bits per heavy atom. The van der Waals surface area contributed by atoms with Gasteiger partial charge in [-0.15, -0.1) is 0 Å². The Kier molecular flexibility index (Phi) is 5.84. The Labute approximate surface area is 181 Å². The summed E-state index contributed by atoms with van der Waals surface area (Å²) in [4.78, 5) is 2.52. The summed E-state index contributed by atoms with van der Waals surface area (Å²) in [6, 6.07) is 10.5. The average Bonchev–Trinajstić information content (AvgIpc) is 3.00. The predicted molar refractivity (Wildman–Crippen MR) is 116 cm³/mol. The van der Waals surface area contributed by atoms with E-state index in [-0.39, 0.29) is 23.1 Å². The van der Waals surface area contributed by atoms with E-state index in [9.17, 15) is 8.42 Å². The first kappa shape index (κ1) is 20.9. The number of ether oxygens (including phenoxy) is 1. The lowest BCUT2D eigenvalue weighted by Gasteiger charge is -2.38. The van der Waals surface area contributed by atoms with E-state index in [2.05, 4.69) is 4.90 Å². The molecule has 0 saturated carbocycles. The van der Waals surface area contributed by atoms with Crippen LogP contribution in [0.15, 0.2) is 41.3 Å². The van der Waals surface area contributed by atoms with Gasteiger partial charge in [0, 0.05) is 34.5 Å². The lowest BCUT2D eigenvalue weighted by atomic mass is 10.0. The average molecular weight is 455 g/mol. The standard InChI is InChI=1S/C21H24Cl2N2O3S/c1-29(26,27)20-7-3-2-6-19(20)28-21-16-9-13(22)10-17(23)15(16)11-18(21)25-8-4-5-14(24)12-25/h2-3,6-7,9-10,14,18,21H,4-5,8,11-12,24H2,1H3/t14-,18+,21-/m1/s1. The molecule has 156 valence electrons. The number of hydrogen-bond donors (Lipinski definition) is 1. The number of nitrogens with zero attached hydrogens (tertiary/aromatic N) is 1. The lowest BCUT2D eigenvalue weighted by molar-refractivity contribution is 0.0577. The summed E-state index contributed by atoms with van der Waals surface area (Å²) in [7, 11) is -3.43. The molecule has 2 aromatic rings. The Morgan fingerprint density at radius 2 is 1.97 bits per heavy atom. The number of likely N-dealkylation sites (tertiary alicyclic amines) is 1. The second-order valence-corrected chi connectivity index (χ2v) is 10.7. The van der Waals surface area contributed by atoms with Crippen molar-refractivity contribution < 1.29 is 13.2 Å². The van der Waals surface area contributed by atoms with Gasteiger partial charge in [0.05, 0.1) is 6.04 Å². The van der Waals surface area contributed by atoms with Gasteiger partial charge >= 0.3 is 0 Å². The fraction of sp³-hybridized carbons (Fsp3) is 0.429. The molecule has 0 radical (unpaired) electrons. The van der Waals surface area contributed by atoms with Crippen LogP contribution in [0.1, 0.15) is 30.1 Å². The number of sulfone groups is 1. The Morgan fingerprint density at radius 3 is 2.69 bits per heavy atom. The molecular weight excluding hydrogens is 431 g/mol. The first-order valence-electron chi connectivity index (χ1n) is 9.67. The zero-order valence-corrected chi connectivity index (χ0v) is 18.5. The molecule has 8 heteroatoms. The van der Waals surface area contributed by atoms with E-state index in [1.54, 1.807) is 30.3 Å². The van der Waals surface area contributed by atoms with Gasteiger partial charge in [0.1, 0.15) is 16.7 Å². The zero-order chi connectivity index (χ0) is 20.8. The van der Waals surface area contributed by atoms with Crippen LogP contribution in [0.25, 0.3) is 0 Å². The number of rotatable bonds is 4. The van der Waals surface area contributed by atoms with Crippen LogP contribution in [0.5, 0.6) is 5.75 Å². The van der Waals surface area contributed by atoms with Crippen LogP contribution < -0.4 is 10.5 Å². The van der Waals surface area contributed by atoms with Crippen molar-refractivity contribution in [3.63, 3.8) is 0 Å². The number of fused-ring (bicyclic) bond motifs is 1. The van der Waals surface area contributed by atoms with Crippen molar-refractivity contribution in [1.82, 2.24) is 4.90 Å². The van der Waals surface area contributed by atoms with Crippen LogP contribution in [0.4, 0.5) is 0 Å². The molecule has 0 bridgehead atoms. The van der Waals surface area contributed by atoms with Gasteiger partial charge in [-0.3, -0.25) is 4.90 Å². The summed E-state index contributed by atoms with van der Waals surface area (Å²) >= 11 is 12.8. The van der Waals surface area contributed by atoms with Crippen LogP contribution in [0, 0.1) is 0 Å². The molecular formula is C21H24Cl2N2O3S. The van der Waals surface area contributed by atoms with Crippen molar-refractivity contribution in [3.8, 4) is 5.75 Å². The van der Waals surface area contributed by atoms with Crippen molar-refractivity contribution >= 4 is 33.0 Å². The molecule has 2 N–H and O–H groups in total. The van der Waals surface area contributed by atoms with Crippen molar-refractivity contribution in [3.05, 3.63) is 57.6 Å². The molecule has 0 spiro atoms. The van der Waals surface area contributed by atoms with E-state index < -0.39 is 9.84 Å². The third-order valence-corrected chi connectivity index (χ3v) is 7.42. The van der Waals surface area contributed by atoms with E-state index >= 15 is 0 Å². The topological polar surface area (TPSA) is 72.6 Å². The first-order chi connectivity index (χ1) is 13.7. The molecule has 0 aromatic heterocycles. The van der Waals surface area contributed by atoms with E-state index in [0.717, 1.165) is 37.1 Å². The van der Waals surface area contributed by atoms with Gasteiger partial charge in [-0.2, -0.15) is 0 Å². The second kappa shape index (κ2) is 8.08. The molecule has 1 fully saturated rings. The van der Waals surface area contributed by atoms with Gasteiger partial charge in [-0.25, -0.2) is 8.42 Å². The van der Waals surface area contributed by atoms with Crippen LogP contribution in [-0.2, 0) is 16.3 Å². The van der Waals surface area contributed by atoms with Crippen LogP contribution in [-0.4, -0.2) is 44.7 Å². The summed E-state index contributed by atoms with van der Waals surface area (Å²) in [5.41, 5.74) is 8.14. The fourth-order valence-corrected chi connectivity index (χ4v) is 5.80. The SMILES string of the molecule is CS(=O)(=O)c1ccccc1O[C@@H]1c2cc(Cl)cc(Cl)c2C[C@@H]1N1CCC[C@@H](N)C1. The zero-order valence-electron chi connectivity index (χ0n) is 16.1. The molecule has 5 nitrogen and oxygen atoms in total. The monoisotopic (exact) mass is 454 g/mol. The maximum Gasteiger partial charge on any atom is 0.179 e. The third-order valence-electron chi connectivity index (χ3n) is 5.72. The van der Waals surface area contributed by atoms with Gasteiger partial charge in [0.2, 0.25) is 0 Å². The molecule has 4 rings (SSSR count). The van der Waals surface area contributed by atoms with Crippen molar-refractivity contribution in [2.24, 2.45) is 5.73 Å². The first-order valence-corrected chi connectivity index (χ1v) is 12.3. The molecule has 0 unspecified atom stereocenters. The highest BCUT2D eigenvalue weighted by Gasteiger charge is 2.41. The van der Waals surface area contributed by atoms with E-state index in [1.165, 1.54) is 6.26 Å². The number of benzene rings is 2. The number of para-hydroxylation sites is 1. The normalized spacial score (nSPS) is 25.0. The molecule has 3 atom stereocenters. The highest BCUT2D eigenvalue weighted by molar-refractivity contribution is 7.90. The largest absolute Gasteiger partial charge is 0.483 e. The Balaban J connectivity index is 1.76. The van der Waals surface area contributed by atoms with Gasteiger partial charge in [-0.1, -0.05) is 35.3 Å². The summed E-state index contributed by atoms with van der Waals surface area (Å²) in [6.07, 6.45) is 3.55. The fourth-order valence-electron chi connectivity index (χ4n) is 4.41. The van der Waals surface area contributed by atoms with E-state index in [4.69, 9.17) is 33.7 Å². The van der Waals surface area contributed by atoms with Crippen LogP contribution >= 0.6 is 23.2 Å². The van der Waals surface area contributed by atoms with Gasteiger partial charge in [0.15, 0.2) is 9.84 Å².